The van der Waals surface area contributed by atoms with Crippen molar-refractivity contribution in [1.29, 1.82) is 0 Å². The summed E-state index contributed by atoms with van der Waals surface area (Å²) in [6.07, 6.45) is 2.69. The fraction of sp³-hybridized carbons (Fsp3) is 0.130. The van der Waals surface area contributed by atoms with Gasteiger partial charge in [-0.05, 0) is 35.2 Å². The zero-order valence-corrected chi connectivity index (χ0v) is 17.3. The molecular formula is C23H24O2Si. The SMILES string of the molecule is C=CCc1ccc(OC([SiH3])(c2ccccc2)c2ccccc2)c(OC)c1. The largest absolute Gasteiger partial charge is 0.493 e. The molecule has 0 aliphatic heterocycles. The van der Waals surface area contributed by atoms with Crippen LogP contribution in [0, 0.1) is 0 Å². The molecule has 0 N–H and O–H groups in total. The summed E-state index contributed by atoms with van der Waals surface area (Å²) >= 11 is 0. The van der Waals surface area contributed by atoms with Crippen LogP contribution in [0.15, 0.2) is 91.5 Å². The molecule has 0 heterocycles. The highest BCUT2D eigenvalue weighted by Crippen LogP contribution is 2.37. The topological polar surface area (TPSA) is 18.5 Å². The van der Waals surface area contributed by atoms with Gasteiger partial charge >= 0.3 is 0 Å². The zero-order valence-electron chi connectivity index (χ0n) is 15.3. The third-order valence-electron chi connectivity index (χ3n) is 4.57. The van der Waals surface area contributed by atoms with Gasteiger partial charge in [0.25, 0.3) is 0 Å². The normalized spacial score (nSPS) is 11.1. The van der Waals surface area contributed by atoms with E-state index in [0.29, 0.717) is 0 Å². The average Bonchev–Trinajstić information content (AvgIpc) is 2.70. The van der Waals surface area contributed by atoms with Crippen LogP contribution in [0.2, 0.25) is 0 Å². The maximum atomic E-state index is 6.64. The molecule has 0 aromatic heterocycles. The van der Waals surface area contributed by atoms with Crippen molar-refractivity contribution in [1.82, 2.24) is 0 Å². The number of rotatable bonds is 7. The van der Waals surface area contributed by atoms with Crippen molar-refractivity contribution in [3.8, 4) is 11.5 Å². The van der Waals surface area contributed by atoms with Gasteiger partial charge < -0.3 is 9.47 Å². The Morgan fingerprint density at radius 3 is 1.96 bits per heavy atom. The molecule has 3 aromatic carbocycles. The Morgan fingerprint density at radius 2 is 1.46 bits per heavy atom. The van der Waals surface area contributed by atoms with Gasteiger partial charge in [0.15, 0.2) is 11.5 Å². The lowest BCUT2D eigenvalue weighted by Crippen LogP contribution is -2.35. The molecule has 2 nitrogen and oxygen atoms in total. The minimum absolute atomic E-state index is 0.490. The number of methoxy groups -OCH3 is 1. The molecule has 132 valence electrons. The molecule has 26 heavy (non-hydrogen) atoms. The first kappa shape index (κ1) is 18.0. The summed E-state index contributed by atoms with van der Waals surface area (Å²) in [5.41, 5.74) is 3.45. The molecule has 3 rings (SSSR count). The third-order valence-corrected chi connectivity index (χ3v) is 5.93. The molecule has 0 bridgehead atoms. The predicted octanol–water partition coefficient (Wildman–Crippen LogP) is 4.07. The van der Waals surface area contributed by atoms with Gasteiger partial charge in [0.05, 0.1) is 17.4 Å². The fourth-order valence-electron chi connectivity index (χ4n) is 3.11. The monoisotopic (exact) mass is 360 g/mol. The Morgan fingerprint density at radius 1 is 0.885 bits per heavy atom. The van der Waals surface area contributed by atoms with Crippen LogP contribution in [0.5, 0.6) is 11.5 Å². The van der Waals surface area contributed by atoms with Gasteiger partial charge in [0.2, 0.25) is 0 Å². The van der Waals surface area contributed by atoms with E-state index in [1.807, 2.05) is 30.3 Å². The first-order valence-corrected chi connectivity index (χ1v) is 9.75. The van der Waals surface area contributed by atoms with Gasteiger partial charge in [-0.15, -0.1) is 6.58 Å². The summed E-state index contributed by atoms with van der Waals surface area (Å²) in [5, 5.41) is -0.490. The van der Waals surface area contributed by atoms with Crippen LogP contribution in [0.3, 0.4) is 0 Å². The molecule has 0 fully saturated rings. The van der Waals surface area contributed by atoms with E-state index in [9.17, 15) is 0 Å². The Kier molecular flexibility index (Phi) is 5.59. The summed E-state index contributed by atoms with van der Waals surface area (Å²) in [7, 11) is 2.46. The number of hydrogen-bond acceptors (Lipinski definition) is 2. The minimum Gasteiger partial charge on any atom is -0.493 e. The van der Waals surface area contributed by atoms with Crippen molar-refractivity contribution in [2.24, 2.45) is 0 Å². The zero-order chi connectivity index (χ0) is 18.4. The lowest BCUT2D eigenvalue weighted by Gasteiger charge is -2.33. The van der Waals surface area contributed by atoms with Gasteiger partial charge in [-0.2, -0.15) is 0 Å². The van der Waals surface area contributed by atoms with E-state index < -0.39 is 5.22 Å². The molecule has 0 aliphatic carbocycles. The first-order chi connectivity index (χ1) is 12.7. The van der Waals surface area contributed by atoms with E-state index in [2.05, 4.69) is 61.2 Å². The Balaban J connectivity index is 2.06. The number of benzene rings is 3. The van der Waals surface area contributed by atoms with Crippen LogP contribution >= 0.6 is 0 Å². The summed E-state index contributed by atoms with van der Waals surface area (Å²) in [5.74, 6) is 1.50. The highest BCUT2D eigenvalue weighted by Gasteiger charge is 2.31. The molecule has 0 aliphatic rings. The van der Waals surface area contributed by atoms with Gasteiger partial charge in [0.1, 0.15) is 5.22 Å². The molecule has 3 heteroatoms. The van der Waals surface area contributed by atoms with Crippen molar-refractivity contribution in [2.75, 3.05) is 7.11 Å². The third kappa shape index (κ3) is 3.73. The Bertz CT molecular complexity index is 820. The van der Waals surface area contributed by atoms with Crippen LogP contribution < -0.4 is 9.47 Å². The van der Waals surface area contributed by atoms with Crippen molar-refractivity contribution in [3.63, 3.8) is 0 Å². The number of allylic oxidation sites excluding steroid dienone is 1. The first-order valence-electron chi connectivity index (χ1n) is 8.75. The van der Waals surface area contributed by atoms with Crippen LogP contribution in [-0.4, -0.2) is 17.4 Å². The summed E-state index contributed by atoms with van der Waals surface area (Å²) in [6, 6.07) is 26.9. The molecule has 0 atom stereocenters. The molecule has 0 spiro atoms. The number of ether oxygens (including phenoxy) is 2. The second-order valence-corrected chi connectivity index (χ2v) is 7.75. The van der Waals surface area contributed by atoms with E-state index in [1.54, 1.807) is 7.11 Å². The summed E-state index contributed by atoms with van der Waals surface area (Å²) < 4.78 is 12.2. The molecule has 0 saturated carbocycles. The van der Waals surface area contributed by atoms with E-state index >= 15 is 0 Å². The van der Waals surface area contributed by atoms with E-state index in [-0.39, 0.29) is 0 Å². The highest BCUT2D eigenvalue weighted by atomic mass is 28.1. The van der Waals surface area contributed by atoms with Gasteiger partial charge in [-0.3, -0.25) is 0 Å². The maximum Gasteiger partial charge on any atom is 0.162 e. The Labute approximate surface area is 158 Å². The average molecular weight is 361 g/mol. The minimum atomic E-state index is -0.490. The van der Waals surface area contributed by atoms with Crippen molar-refractivity contribution >= 4 is 10.2 Å². The Hall–Kier alpha value is -2.78. The fourth-order valence-corrected chi connectivity index (χ4v) is 3.99. The quantitative estimate of drug-likeness (QED) is 0.467. The van der Waals surface area contributed by atoms with Crippen LogP contribution in [0.4, 0.5) is 0 Å². The second-order valence-electron chi connectivity index (χ2n) is 6.35. The van der Waals surface area contributed by atoms with E-state index in [0.717, 1.165) is 44.9 Å². The number of hydrogen-bond donors (Lipinski definition) is 0. The van der Waals surface area contributed by atoms with Crippen molar-refractivity contribution < 1.29 is 9.47 Å². The van der Waals surface area contributed by atoms with Crippen molar-refractivity contribution in [3.05, 3.63) is 108 Å². The van der Waals surface area contributed by atoms with Gasteiger partial charge in [0, 0.05) is 0 Å². The molecule has 0 amide bonds. The molecule has 0 saturated heterocycles. The lowest BCUT2D eigenvalue weighted by molar-refractivity contribution is 0.192. The lowest BCUT2D eigenvalue weighted by atomic mass is 10.00. The predicted molar refractivity (Wildman–Crippen MR) is 111 cm³/mol. The smallest absolute Gasteiger partial charge is 0.162 e. The van der Waals surface area contributed by atoms with Crippen LogP contribution in [0.1, 0.15) is 16.7 Å². The summed E-state index contributed by atoms with van der Waals surface area (Å²) in [4.78, 5) is 0. The standard InChI is InChI=1S/C23H24O2Si/c1-3-10-18-15-16-21(22(17-18)24-2)25-23(26,19-11-6-4-7-12-19)20-13-8-5-9-14-20/h3-9,11-17H,1,10H2,2,26H3. The second kappa shape index (κ2) is 8.06. The molecule has 0 unspecified atom stereocenters. The van der Waals surface area contributed by atoms with E-state index in [4.69, 9.17) is 9.47 Å². The van der Waals surface area contributed by atoms with Crippen molar-refractivity contribution in [2.45, 2.75) is 11.6 Å². The highest BCUT2D eigenvalue weighted by molar-refractivity contribution is 6.17. The van der Waals surface area contributed by atoms with Crippen LogP contribution in [0.25, 0.3) is 0 Å². The molecule has 3 aromatic rings. The van der Waals surface area contributed by atoms with Gasteiger partial charge in [-0.1, -0.05) is 72.8 Å². The van der Waals surface area contributed by atoms with Crippen LogP contribution in [-0.2, 0) is 11.6 Å². The summed E-state index contributed by atoms with van der Waals surface area (Å²) in [6.45, 7) is 3.81. The maximum absolute atomic E-state index is 6.64. The van der Waals surface area contributed by atoms with E-state index in [1.165, 1.54) is 0 Å². The molecule has 0 radical (unpaired) electrons. The molecular weight excluding hydrogens is 336 g/mol. The van der Waals surface area contributed by atoms with Gasteiger partial charge in [-0.25, -0.2) is 0 Å².